The van der Waals surface area contributed by atoms with Crippen LogP contribution in [0.5, 0.6) is 0 Å². The molecule has 22 heteroatoms. The van der Waals surface area contributed by atoms with Crippen LogP contribution in [0.15, 0.2) is 24.3 Å². The largest absolute Gasteiger partial charge is 0.491 e. The van der Waals surface area contributed by atoms with Gasteiger partial charge >= 0.3 is 38.5 Å². The zero-order valence-corrected chi connectivity index (χ0v) is 28.3. The van der Waals surface area contributed by atoms with E-state index in [4.69, 9.17) is 19.2 Å². The van der Waals surface area contributed by atoms with E-state index in [1.807, 2.05) is 0 Å². The van der Waals surface area contributed by atoms with E-state index in [9.17, 15) is 60.4 Å². The number of alkyl halides is 6. The predicted octanol–water partition coefficient (Wildman–Crippen LogP) is 0.723. The van der Waals surface area contributed by atoms with Crippen molar-refractivity contribution in [2.75, 3.05) is 19.6 Å². The Morgan fingerprint density at radius 2 is 1.38 bits per heavy atom. The van der Waals surface area contributed by atoms with Crippen LogP contribution in [0.3, 0.4) is 0 Å². The number of aliphatic carboxylic acids is 1. The van der Waals surface area contributed by atoms with E-state index in [2.05, 4.69) is 10.6 Å². The lowest BCUT2D eigenvalue weighted by molar-refractivity contribution is -0.159. The number of carbonyl (C=O) groups is 5. The fourth-order valence-corrected chi connectivity index (χ4v) is 5.56. The topological polar surface area (TPSA) is 201 Å². The van der Waals surface area contributed by atoms with Gasteiger partial charge in [-0.15, -0.1) is 0 Å². The minimum absolute atomic E-state index is 0.302. The van der Waals surface area contributed by atoms with Gasteiger partial charge in [0.25, 0.3) is 11.8 Å². The van der Waals surface area contributed by atoms with Gasteiger partial charge in [-0.25, -0.2) is 4.79 Å². The molecule has 0 aliphatic carbocycles. The first-order valence-corrected chi connectivity index (χ1v) is 15.8. The Hall–Kier alpha value is -4.66. The van der Waals surface area contributed by atoms with Gasteiger partial charge in [0.15, 0.2) is 0 Å². The summed E-state index contributed by atoms with van der Waals surface area (Å²) < 4.78 is 98.3. The number of carboxylic acid groups (broad SMARTS) is 1. The maximum atomic E-state index is 14.0. The van der Waals surface area contributed by atoms with Crippen LogP contribution in [0.2, 0.25) is 0 Å². The zero-order valence-electron chi connectivity index (χ0n) is 28.3. The van der Waals surface area contributed by atoms with Crippen molar-refractivity contribution in [3.05, 3.63) is 57.6 Å². The molecule has 2 aliphatic heterocycles. The van der Waals surface area contributed by atoms with Gasteiger partial charge in [0, 0.05) is 30.6 Å². The second-order valence-electron chi connectivity index (χ2n) is 13.1. The molecule has 286 valence electrons. The van der Waals surface area contributed by atoms with E-state index in [0.29, 0.717) is 17.0 Å². The van der Waals surface area contributed by atoms with Crippen LogP contribution in [-0.2, 0) is 54.0 Å². The van der Waals surface area contributed by atoms with Crippen molar-refractivity contribution in [2.24, 2.45) is 0 Å². The molecular weight excluding hydrogens is 726 g/mol. The van der Waals surface area contributed by atoms with Crippen molar-refractivity contribution >= 4 is 54.8 Å². The Balaban J connectivity index is 1.62. The molecule has 2 aromatic carbocycles. The summed E-state index contributed by atoms with van der Waals surface area (Å²) in [7, 11) is -3.57. The fourth-order valence-electron chi connectivity index (χ4n) is 5.56. The fraction of sp³-hybridized carbons (Fsp3) is 0.452. The van der Waals surface area contributed by atoms with E-state index >= 15 is 0 Å². The summed E-state index contributed by atoms with van der Waals surface area (Å²) in [4.78, 5) is 64.6. The molecule has 5 N–H and O–H groups in total. The third kappa shape index (κ3) is 10.3. The lowest BCUT2D eigenvalue weighted by Crippen LogP contribution is -2.50. The molecule has 0 radical (unpaired) electrons. The summed E-state index contributed by atoms with van der Waals surface area (Å²) in [5.74, 6) is -5.81. The third-order valence-electron chi connectivity index (χ3n) is 7.95. The van der Waals surface area contributed by atoms with E-state index in [1.54, 1.807) is 0 Å². The maximum Gasteiger partial charge on any atom is 0.491 e. The van der Waals surface area contributed by atoms with Gasteiger partial charge in [-0.3, -0.25) is 19.2 Å². The highest BCUT2D eigenvalue weighted by atomic mass is 19.4. The van der Waals surface area contributed by atoms with Crippen molar-refractivity contribution in [1.82, 2.24) is 15.5 Å². The number of carboxylic acids is 1. The molecule has 0 spiro atoms. The number of hydrogen-bond donors (Lipinski definition) is 5. The molecule has 0 bridgehead atoms. The molecule has 0 aromatic heterocycles. The van der Waals surface area contributed by atoms with Crippen LogP contribution < -0.4 is 21.6 Å². The van der Waals surface area contributed by atoms with Crippen LogP contribution in [0.1, 0.15) is 76.6 Å². The van der Waals surface area contributed by atoms with Gasteiger partial charge in [0.2, 0.25) is 5.91 Å². The molecule has 0 saturated heterocycles. The smallest absolute Gasteiger partial charge is 0.481 e. The molecular formula is C31H33B2F6N3O11. The lowest BCUT2D eigenvalue weighted by atomic mass is 9.77. The van der Waals surface area contributed by atoms with Crippen molar-refractivity contribution in [3.8, 4) is 0 Å². The van der Waals surface area contributed by atoms with Crippen LogP contribution in [0.25, 0.3) is 0 Å². The van der Waals surface area contributed by atoms with Gasteiger partial charge in [-0.05, 0) is 73.5 Å². The summed E-state index contributed by atoms with van der Waals surface area (Å²) in [6.45, 7) is 1.10. The highest BCUT2D eigenvalue weighted by molar-refractivity contribution is 6.62. The molecule has 0 fully saturated rings. The second kappa shape index (κ2) is 15.7. The molecule has 1 atom stereocenters. The molecule has 2 aliphatic rings. The van der Waals surface area contributed by atoms with Crippen molar-refractivity contribution in [3.63, 3.8) is 0 Å². The second-order valence-corrected chi connectivity index (χ2v) is 13.1. The summed E-state index contributed by atoms with van der Waals surface area (Å²) >= 11 is 0. The normalized spacial score (nSPS) is 14.7. The van der Waals surface area contributed by atoms with Crippen molar-refractivity contribution in [2.45, 2.75) is 70.8 Å². The van der Waals surface area contributed by atoms with Crippen LogP contribution in [0.4, 0.5) is 26.3 Å². The molecule has 53 heavy (non-hydrogen) atoms. The summed E-state index contributed by atoms with van der Waals surface area (Å²) in [5.41, 5.74) is -6.32. The first-order valence-electron chi connectivity index (χ1n) is 15.8. The Morgan fingerprint density at radius 3 is 1.87 bits per heavy atom. The lowest BCUT2D eigenvalue weighted by Gasteiger charge is -2.27. The number of rotatable bonds is 12. The van der Waals surface area contributed by atoms with E-state index in [-0.39, 0.29) is 16.5 Å². The molecule has 3 amide bonds. The average molecular weight is 759 g/mol. The Morgan fingerprint density at radius 1 is 0.868 bits per heavy atom. The molecule has 4 rings (SSSR count). The number of carbonyl (C=O) groups excluding carboxylic acids is 4. The standard InChI is InChI=1S/C31H33B2F6N3O11/c1-29(2,3)53-28(48)23(4-5-25(44)45)41-24(43)12-42(27(47)16-9-20(31(37,38)39)18-14-52-33(50)22(18)11-16)7-6-40-26(46)15-8-19(30(34,35)36)17-13-51-32(49)21(17)10-15/h8-11,23,49-50H,4-7,12-14H2,1-3H3,(H,40,46)(H,41,43)(H,44,45)/t23-/m0/s1. The number of fused-ring (bicyclic) bond motifs is 2. The first kappa shape index (κ1) is 41.1. The van der Waals surface area contributed by atoms with Crippen LogP contribution in [-0.4, -0.2) is 95.2 Å². The van der Waals surface area contributed by atoms with Crippen molar-refractivity contribution < 1.29 is 79.5 Å². The van der Waals surface area contributed by atoms with Crippen molar-refractivity contribution in [1.29, 1.82) is 0 Å². The number of esters is 1. The van der Waals surface area contributed by atoms with Crippen LogP contribution >= 0.6 is 0 Å². The number of ether oxygens (including phenoxy) is 1. The summed E-state index contributed by atoms with van der Waals surface area (Å²) in [6.07, 6.45) is -11.0. The molecule has 0 saturated carbocycles. The average Bonchev–Trinajstić information content (AvgIpc) is 3.60. The number of nitrogens with zero attached hydrogens (tertiary/aromatic N) is 1. The van der Waals surface area contributed by atoms with E-state index in [0.717, 1.165) is 12.1 Å². The van der Waals surface area contributed by atoms with Gasteiger partial charge in [-0.1, -0.05) is 0 Å². The molecule has 0 unspecified atom stereocenters. The molecule has 2 aromatic rings. The monoisotopic (exact) mass is 759 g/mol. The third-order valence-corrected chi connectivity index (χ3v) is 7.95. The van der Waals surface area contributed by atoms with Gasteiger partial charge in [-0.2, -0.15) is 26.3 Å². The minimum Gasteiger partial charge on any atom is -0.481 e. The minimum atomic E-state index is -5.02. The Bertz CT molecular complexity index is 1790. The first-order chi connectivity index (χ1) is 24.5. The molecule has 2 heterocycles. The van der Waals surface area contributed by atoms with E-state index in [1.165, 1.54) is 20.8 Å². The highest BCUT2D eigenvalue weighted by Gasteiger charge is 2.42. The van der Waals surface area contributed by atoms with E-state index < -0.39 is 141 Å². The highest BCUT2D eigenvalue weighted by Crippen LogP contribution is 2.35. The van der Waals surface area contributed by atoms with Gasteiger partial charge in [0.1, 0.15) is 11.6 Å². The van der Waals surface area contributed by atoms with Gasteiger partial charge in [0.05, 0.1) is 30.9 Å². The zero-order chi connectivity index (χ0) is 39.6. The maximum absolute atomic E-state index is 14.0. The van der Waals surface area contributed by atoms with Gasteiger partial charge < -0.3 is 44.7 Å². The number of hydrogen-bond acceptors (Lipinski definition) is 10. The quantitative estimate of drug-likeness (QED) is 0.116. The Labute approximate surface area is 298 Å². The number of amides is 3. The number of nitrogens with one attached hydrogen (secondary N) is 2. The predicted molar refractivity (Wildman–Crippen MR) is 171 cm³/mol. The number of halogens is 6. The van der Waals surface area contributed by atoms with Crippen LogP contribution in [0, 0.1) is 0 Å². The molecule has 14 nitrogen and oxygen atoms in total. The number of benzene rings is 2. The summed E-state index contributed by atoms with van der Waals surface area (Å²) in [6, 6.07) is 1.34. The Kier molecular flexibility index (Phi) is 12.2. The SMILES string of the molecule is CC(C)(C)OC(=O)[C@H](CCC(=O)O)NC(=O)CN(CCNC(=O)c1cc2c(c(C(F)(F)F)c1)COB2O)C(=O)c1cc2c(c(C(F)(F)F)c1)COB2O. The summed E-state index contributed by atoms with van der Waals surface area (Å²) in [5, 5.41) is 33.8.